The van der Waals surface area contributed by atoms with Crippen molar-refractivity contribution in [3.05, 3.63) is 23.9 Å². The number of hydrogen-bond donors (Lipinski definition) is 2. The molecule has 0 amide bonds. The second-order valence-electron chi connectivity index (χ2n) is 4.12. The monoisotopic (exact) mass is 289 g/mol. The van der Waals surface area contributed by atoms with Crippen molar-refractivity contribution in [2.24, 2.45) is 11.7 Å². The molecule has 0 aliphatic carbocycles. The molecule has 1 aromatic heterocycles. The molecule has 7 heteroatoms. The number of nitrogens with one attached hydrogen (secondary N) is 1. The smallest absolute Gasteiger partial charge is 0.258 e. The quantitative estimate of drug-likeness (QED) is 0.776. The van der Waals surface area contributed by atoms with Crippen molar-refractivity contribution in [3.63, 3.8) is 0 Å². The van der Waals surface area contributed by atoms with Gasteiger partial charge < -0.3 is 5.73 Å². The molecule has 0 spiro atoms. The molecule has 0 aromatic carbocycles. The Hall–Kier alpha value is -0.630. The Morgan fingerprint density at radius 1 is 1.50 bits per heavy atom. The summed E-state index contributed by atoms with van der Waals surface area (Å²) in [4.78, 5) is 3.91. The molecular formula is C11H19N3O2S2. The maximum absolute atomic E-state index is 11.9. The zero-order valence-electron chi connectivity index (χ0n) is 10.6. The number of aromatic nitrogens is 1. The maximum Gasteiger partial charge on any atom is 0.258 e. The molecule has 1 rings (SSSR count). The van der Waals surface area contributed by atoms with Gasteiger partial charge in [-0.2, -0.15) is 11.8 Å². The number of thioether (sulfide) groups is 1. The molecule has 1 heterocycles. The summed E-state index contributed by atoms with van der Waals surface area (Å²) in [6.45, 7) is 2.78. The van der Waals surface area contributed by atoms with E-state index < -0.39 is 10.0 Å². The molecule has 0 radical (unpaired) electrons. The van der Waals surface area contributed by atoms with Crippen molar-refractivity contribution in [2.75, 3.05) is 18.6 Å². The summed E-state index contributed by atoms with van der Waals surface area (Å²) in [5.41, 5.74) is 6.24. The van der Waals surface area contributed by atoms with E-state index in [1.54, 1.807) is 17.8 Å². The number of rotatable bonds is 7. The molecule has 0 saturated carbocycles. The summed E-state index contributed by atoms with van der Waals surface area (Å²) in [7, 11) is -3.51. The van der Waals surface area contributed by atoms with Crippen molar-refractivity contribution < 1.29 is 8.42 Å². The first-order valence-electron chi connectivity index (χ1n) is 5.63. The summed E-state index contributed by atoms with van der Waals surface area (Å²) in [6.07, 6.45) is 3.48. The fraction of sp³-hybridized carbons (Fsp3) is 0.545. The molecule has 1 aromatic rings. The van der Waals surface area contributed by atoms with Crippen LogP contribution >= 0.6 is 11.8 Å². The van der Waals surface area contributed by atoms with E-state index >= 15 is 0 Å². The third-order valence-electron chi connectivity index (χ3n) is 2.38. The Kier molecular flexibility index (Phi) is 6.07. The van der Waals surface area contributed by atoms with Gasteiger partial charge in [0.05, 0.1) is 0 Å². The van der Waals surface area contributed by atoms with Crippen LogP contribution in [0.5, 0.6) is 0 Å². The first kappa shape index (κ1) is 15.4. The molecule has 0 fully saturated rings. The van der Waals surface area contributed by atoms with E-state index in [9.17, 15) is 8.42 Å². The summed E-state index contributed by atoms with van der Waals surface area (Å²) in [5, 5.41) is 0.0380. The normalized spacial score (nSPS) is 13.5. The second-order valence-corrected chi connectivity index (χ2v) is 6.75. The van der Waals surface area contributed by atoms with Crippen LogP contribution < -0.4 is 10.5 Å². The molecule has 102 valence electrons. The lowest BCUT2D eigenvalue weighted by Gasteiger charge is -2.11. The Bertz CT molecular complexity index is 460. The topological polar surface area (TPSA) is 85.1 Å². The zero-order chi connectivity index (χ0) is 13.6. The van der Waals surface area contributed by atoms with Gasteiger partial charge >= 0.3 is 0 Å². The van der Waals surface area contributed by atoms with E-state index in [1.807, 2.05) is 13.2 Å². The lowest BCUT2D eigenvalue weighted by atomic mass is 10.2. The standard InChI is InChI=1S/C11H19N3O2S2/c1-9(8-17-2)6-14-18(15,16)11-4-3-10(5-12)7-13-11/h3-4,7,9,14H,5-6,8,12H2,1-2H3. The predicted octanol–water partition coefficient (Wildman–Crippen LogP) is 0.818. The third kappa shape index (κ3) is 4.56. The van der Waals surface area contributed by atoms with Crippen LogP contribution in [0.1, 0.15) is 12.5 Å². The molecule has 18 heavy (non-hydrogen) atoms. The number of nitrogens with zero attached hydrogens (tertiary/aromatic N) is 1. The molecule has 0 bridgehead atoms. The van der Waals surface area contributed by atoms with Crippen LogP contribution in [0.15, 0.2) is 23.4 Å². The molecule has 0 aliphatic rings. The van der Waals surface area contributed by atoms with E-state index in [4.69, 9.17) is 5.73 Å². The fourth-order valence-electron chi connectivity index (χ4n) is 1.36. The Balaban J connectivity index is 2.67. The van der Waals surface area contributed by atoms with E-state index in [1.165, 1.54) is 12.3 Å². The van der Waals surface area contributed by atoms with Crippen LogP contribution in [0.2, 0.25) is 0 Å². The van der Waals surface area contributed by atoms with Crippen molar-refractivity contribution >= 4 is 21.8 Å². The fourth-order valence-corrected chi connectivity index (χ4v) is 3.14. The molecule has 5 nitrogen and oxygen atoms in total. The minimum atomic E-state index is -3.51. The molecule has 0 saturated heterocycles. The summed E-state index contributed by atoms with van der Waals surface area (Å²) in [5.74, 6) is 1.21. The Labute approximate surface area is 113 Å². The summed E-state index contributed by atoms with van der Waals surface area (Å²) >= 11 is 1.70. The average Bonchev–Trinajstić information content (AvgIpc) is 2.37. The van der Waals surface area contributed by atoms with Gasteiger partial charge in [0.25, 0.3) is 10.0 Å². The van der Waals surface area contributed by atoms with E-state index in [2.05, 4.69) is 9.71 Å². The minimum absolute atomic E-state index is 0.0380. The molecule has 3 N–H and O–H groups in total. The maximum atomic E-state index is 11.9. The van der Waals surface area contributed by atoms with Crippen molar-refractivity contribution in [3.8, 4) is 0 Å². The van der Waals surface area contributed by atoms with Gasteiger partial charge in [-0.25, -0.2) is 18.1 Å². The Morgan fingerprint density at radius 2 is 2.22 bits per heavy atom. The van der Waals surface area contributed by atoms with Crippen LogP contribution in [0.4, 0.5) is 0 Å². The van der Waals surface area contributed by atoms with Crippen LogP contribution in [0.3, 0.4) is 0 Å². The number of sulfonamides is 1. The van der Waals surface area contributed by atoms with Gasteiger partial charge in [0.2, 0.25) is 0 Å². The largest absolute Gasteiger partial charge is 0.326 e. The highest BCUT2D eigenvalue weighted by Gasteiger charge is 2.16. The van der Waals surface area contributed by atoms with Crippen LogP contribution in [-0.4, -0.2) is 32.0 Å². The van der Waals surface area contributed by atoms with Gasteiger partial charge in [-0.15, -0.1) is 0 Å². The SMILES string of the molecule is CSCC(C)CNS(=O)(=O)c1ccc(CN)cn1. The van der Waals surface area contributed by atoms with Gasteiger partial charge in [-0.3, -0.25) is 0 Å². The highest BCUT2D eigenvalue weighted by atomic mass is 32.2. The van der Waals surface area contributed by atoms with Crippen LogP contribution in [0, 0.1) is 5.92 Å². The molecule has 0 aliphatic heterocycles. The predicted molar refractivity (Wildman–Crippen MR) is 74.9 cm³/mol. The first-order valence-corrected chi connectivity index (χ1v) is 8.51. The minimum Gasteiger partial charge on any atom is -0.326 e. The first-order chi connectivity index (χ1) is 8.49. The lowest BCUT2D eigenvalue weighted by molar-refractivity contribution is 0.559. The third-order valence-corrected chi connectivity index (χ3v) is 4.62. The van der Waals surface area contributed by atoms with Gasteiger partial charge in [0.15, 0.2) is 5.03 Å². The summed E-state index contributed by atoms with van der Waals surface area (Å²) < 4.78 is 26.4. The second kappa shape index (κ2) is 7.08. The van der Waals surface area contributed by atoms with Crippen molar-refractivity contribution in [2.45, 2.75) is 18.5 Å². The number of nitrogens with two attached hydrogens (primary N) is 1. The molecule has 1 atom stereocenters. The van der Waals surface area contributed by atoms with E-state index in [0.717, 1.165) is 11.3 Å². The van der Waals surface area contributed by atoms with Gasteiger partial charge in [0.1, 0.15) is 0 Å². The van der Waals surface area contributed by atoms with Gasteiger partial charge in [-0.05, 0) is 29.6 Å². The number of pyridine rings is 1. The van der Waals surface area contributed by atoms with Gasteiger partial charge in [0, 0.05) is 19.3 Å². The highest BCUT2D eigenvalue weighted by Crippen LogP contribution is 2.08. The van der Waals surface area contributed by atoms with Crippen molar-refractivity contribution in [1.82, 2.24) is 9.71 Å². The van der Waals surface area contributed by atoms with Crippen LogP contribution in [-0.2, 0) is 16.6 Å². The Morgan fingerprint density at radius 3 is 2.72 bits per heavy atom. The average molecular weight is 289 g/mol. The molecular weight excluding hydrogens is 270 g/mol. The summed E-state index contributed by atoms with van der Waals surface area (Å²) in [6, 6.07) is 3.15. The van der Waals surface area contributed by atoms with Gasteiger partial charge in [-0.1, -0.05) is 13.0 Å². The van der Waals surface area contributed by atoms with E-state index in [-0.39, 0.29) is 10.9 Å². The lowest BCUT2D eigenvalue weighted by Crippen LogP contribution is -2.29. The van der Waals surface area contributed by atoms with E-state index in [0.29, 0.717) is 13.1 Å². The van der Waals surface area contributed by atoms with Crippen LogP contribution in [0.25, 0.3) is 0 Å². The number of hydrogen-bond acceptors (Lipinski definition) is 5. The molecule has 1 unspecified atom stereocenters. The highest BCUT2D eigenvalue weighted by molar-refractivity contribution is 7.98. The van der Waals surface area contributed by atoms with Crippen molar-refractivity contribution in [1.29, 1.82) is 0 Å². The zero-order valence-corrected chi connectivity index (χ0v) is 12.2.